The number of imidazole rings is 1. The van der Waals surface area contributed by atoms with Crippen molar-refractivity contribution in [3.05, 3.63) is 119 Å². The number of fused-ring (bicyclic) bond motifs is 4. The summed E-state index contributed by atoms with van der Waals surface area (Å²) in [6.07, 6.45) is 0.804. The topological polar surface area (TPSA) is 666 Å². The van der Waals surface area contributed by atoms with Crippen LogP contribution in [0.2, 0.25) is 0 Å². The summed E-state index contributed by atoms with van der Waals surface area (Å²) in [6.45, 7) is 0.652. The number of carbonyl (C=O) groups is 17. The van der Waals surface area contributed by atoms with Crippen LogP contribution >= 0.6 is 23.1 Å². The molecule has 6 heterocycles. The third kappa shape index (κ3) is 27.6. The summed E-state index contributed by atoms with van der Waals surface area (Å²) in [7, 11) is 3.78. The van der Waals surface area contributed by atoms with E-state index in [1.54, 1.807) is 54.0 Å². The number of hydrogen-bond donors (Lipinski definition) is 21. The molecule has 15 atom stereocenters. The van der Waals surface area contributed by atoms with Crippen molar-refractivity contribution >= 4 is 150 Å². The summed E-state index contributed by atoms with van der Waals surface area (Å²) in [6, 6.07) is -3.17. The van der Waals surface area contributed by atoms with Gasteiger partial charge in [0.05, 0.1) is 44.4 Å². The van der Waals surface area contributed by atoms with Gasteiger partial charge >= 0.3 is 0 Å². The van der Waals surface area contributed by atoms with Gasteiger partial charge in [-0.15, -0.1) is 23.1 Å². The van der Waals surface area contributed by atoms with E-state index < -0.39 is 248 Å². The number of primary amides is 2. The zero-order chi connectivity index (χ0) is 95.6. The molecule has 3 aliphatic heterocycles. The van der Waals surface area contributed by atoms with Crippen LogP contribution in [0.3, 0.4) is 0 Å². The highest BCUT2D eigenvalue weighted by Gasteiger charge is 2.46. The highest BCUT2D eigenvalue weighted by Crippen LogP contribution is 2.30. The van der Waals surface area contributed by atoms with E-state index in [0.717, 1.165) is 41.0 Å². The van der Waals surface area contributed by atoms with Gasteiger partial charge in [0.1, 0.15) is 90.3 Å². The van der Waals surface area contributed by atoms with Gasteiger partial charge in [0, 0.05) is 112 Å². The van der Waals surface area contributed by atoms with E-state index in [-0.39, 0.29) is 82.3 Å². The Bertz CT molecular complexity index is 5130. The molecule has 3 saturated heterocycles. The minimum absolute atomic E-state index is 0.0222. The minimum Gasteiger partial charge on any atom is -0.508 e. The van der Waals surface area contributed by atoms with Crippen molar-refractivity contribution in [2.45, 2.75) is 195 Å². The molecule has 708 valence electrons. The fourth-order valence-electron chi connectivity index (χ4n) is 15.5. The molecule has 46 heteroatoms. The van der Waals surface area contributed by atoms with Gasteiger partial charge in [0.2, 0.25) is 100 Å². The van der Waals surface area contributed by atoms with Gasteiger partial charge in [0.25, 0.3) is 0 Å². The maximum atomic E-state index is 15.6. The number of H-pyrrole nitrogens is 2. The molecule has 0 saturated carbocycles. The monoisotopic (exact) mass is 1860 g/mol. The van der Waals surface area contributed by atoms with Gasteiger partial charge in [0.15, 0.2) is 5.96 Å². The minimum atomic E-state index is -1.92. The number of benzene rings is 3. The number of aromatic nitrogens is 3. The number of aromatic hydroxyl groups is 1. The Kier molecular flexibility index (Phi) is 37.0. The Morgan fingerprint density at radius 1 is 0.565 bits per heavy atom. The molecule has 3 aromatic heterocycles. The smallest absolute Gasteiger partial charge is 0.248 e. The number of aliphatic hydroxyl groups excluding tert-OH is 3. The van der Waals surface area contributed by atoms with Gasteiger partial charge < -0.3 is 131 Å². The molecule has 0 bridgehead atoms. The number of unbranched alkanes of at least 4 members (excludes halogenated alkanes) is 1. The summed E-state index contributed by atoms with van der Waals surface area (Å²) in [5, 5.41) is 82.5. The molecule has 6 aromatic rings. The molecular formula is C85H115N23O21S2. The lowest BCUT2D eigenvalue weighted by Gasteiger charge is -2.35. The van der Waals surface area contributed by atoms with Crippen molar-refractivity contribution in [1.29, 1.82) is 5.41 Å². The fraction of sp³-hybridized carbons (Fsp3) is 0.494. The number of hydrogen-bond acceptors (Lipinski definition) is 25. The summed E-state index contributed by atoms with van der Waals surface area (Å²) >= 11 is 2.07. The zero-order valence-electron chi connectivity index (χ0n) is 73.2. The second-order valence-electron chi connectivity index (χ2n) is 32.4. The number of phenolic OH excluding ortho intramolecular Hbond substituents is 1. The summed E-state index contributed by atoms with van der Waals surface area (Å²) in [5.41, 5.74) is 18.9. The molecule has 24 N–H and O–H groups in total. The lowest BCUT2D eigenvalue weighted by atomic mass is 10.0. The molecule has 0 radical (unpaired) electrons. The number of carbonyl (C=O) groups excluding carboxylic acids is 17. The van der Waals surface area contributed by atoms with Crippen LogP contribution in [0.25, 0.3) is 21.0 Å². The number of nitrogens with two attached hydrogens (primary N) is 3. The van der Waals surface area contributed by atoms with E-state index in [0.29, 0.717) is 45.8 Å². The van der Waals surface area contributed by atoms with Crippen LogP contribution in [0.1, 0.15) is 101 Å². The number of amides is 17. The highest BCUT2D eigenvalue weighted by molar-refractivity contribution is 8.00. The third-order valence-corrected chi connectivity index (χ3v) is 25.1. The molecule has 3 fully saturated rings. The number of thioether (sulfide) groups is 1. The van der Waals surface area contributed by atoms with E-state index >= 15 is 24.0 Å². The lowest BCUT2D eigenvalue weighted by Crippen LogP contribution is -2.62. The molecular weight excluding hydrogens is 1740 g/mol. The number of para-hydroxylation sites is 1. The average molecular weight is 1860 g/mol. The van der Waals surface area contributed by atoms with Crippen LogP contribution in [0.5, 0.6) is 5.75 Å². The Morgan fingerprint density at radius 3 is 1.79 bits per heavy atom. The first-order valence-electron chi connectivity index (χ1n) is 42.7. The van der Waals surface area contributed by atoms with Crippen LogP contribution in [-0.2, 0) is 107 Å². The Hall–Kier alpha value is -13.3. The summed E-state index contributed by atoms with van der Waals surface area (Å²) in [4.78, 5) is 262. The van der Waals surface area contributed by atoms with E-state index in [4.69, 9.17) is 22.6 Å². The molecule has 131 heavy (non-hydrogen) atoms. The summed E-state index contributed by atoms with van der Waals surface area (Å²) < 4.78 is 0.796. The molecule has 0 spiro atoms. The van der Waals surface area contributed by atoms with Gasteiger partial charge in [-0.1, -0.05) is 68.3 Å². The Morgan fingerprint density at radius 2 is 1.14 bits per heavy atom. The van der Waals surface area contributed by atoms with Crippen LogP contribution in [0.15, 0.2) is 96.9 Å². The predicted octanol–water partition coefficient (Wildman–Crippen LogP) is -5.42. The first-order chi connectivity index (χ1) is 62.4. The average Bonchev–Trinajstić information content (AvgIpc) is 1.78. The van der Waals surface area contributed by atoms with Crippen molar-refractivity contribution in [3.8, 4) is 5.75 Å². The first kappa shape index (κ1) is 101. The Balaban J connectivity index is 1.07. The number of aromatic amines is 2. The van der Waals surface area contributed by atoms with Crippen molar-refractivity contribution in [2.75, 3.05) is 72.0 Å². The zero-order valence-corrected chi connectivity index (χ0v) is 74.8. The number of phenols is 1. The molecule has 3 aromatic carbocycles. The predicted molar refractivity (Wildman–Crippen MR) is 477 cm³/mol. The van der Waals surface area contributed by atoms with Crippen molar-refractivity contribution in [3.63, 3.8) is 0 Å². The van der Waals surface area contributed by atoms with E-state index in [2.05, 4.69) is 73.4 Å². The highest BCUT2D eigenvalue weighted by atomic mass is 32.2. The Labute approximate surface area is 761 Å². The van der Waals surface area contributed by atoms with Gasteiger partial charge in [-0.3, -0.25) is 86.9 Å². The maximum Gasteiger partial charge on any atom is 0.248 e. The molecule has 0 aliphatic carbocycles. The van der Waals surface area contributed by atoms with Crippen LogP contribution in [0.4, 0.5) is 0 Å². The van der Waals surface area contributed by atoms with E-state index in [9.17, 15) is 78.0 Å². The number of thiophene rings is 1. The lowest BCUT2D eigenvalue weighted by molar-refractivity contribution is -0.149. The number of nitrogens with one attached hydrogen (secondary N) is 14. The van der Waals surface area contributed by atoms with Crippen molar-refractivity contribution in [2.24, 2.45) is 17.2 Å². The third-order valence-electron chi connectivity index (χ3n) is 23.0. The quantitative estimate of drug-likeness (QED) is 0.0171. The van der Waals surface area contributed by atoms with Crippen LogP contribution in [-0.4, -0.2) is 329 Å². The number of nitrogens with zero attached hydrogens (tertiary/aromatic N) is 6. The number of aliphatic hydroxyl groups is 3. The molecule has 9 rings (SSSR count). The number of likely N-dealkylation sites (N-methyl/N-ethyl adjacent to an activating group) is 3. The normalized spacial score (nSPS) is 25.1. The molecule has 3 aliphatic rings. The molecule has 1 unspecified atom stereocenters. The molecule has 44 nitrogen and oxygen atoms in total. The van der Waals surface area contributed by atoms with E-state index in [1.807, 2.05) is 13.0 Å². The van der Waals surface area contributed by atoms with E-state index in [1.165, 1.54) is 83.1 Å². The van der Waals surface area contributed by atoms with Crippen molar-refractivity contribution < 1.29 is 102 Å². The van der Waals surface area contributed by atoms with Gasteiger partial charge in [-0.25, -0.2) is 4.98 Å². The summed E-state index contributed by atoms with van der Waals surface area (Å²) in [5.74, 6) is -18.6. The number of guanidine groups is 1. The van der Waals surface area contributed by atoms with Crippen LogP contribution in [0, 0.1) is 5.41 Å². The second kappa shape index (κ2) is 47.8. The fourth-order valence-corrected chi connectivity index (χ4v) is 17.3. The standard InChI is InChI=1S/C85H115N23O21S2/c1-7-8-19-65-84(129)105(5)45(3)71(116)96-55(18-13-26-91-85(88)89)74(119)103-63(73(118)93-36-69(87)114)41-130-42-70(115)95-58(28-46-22-24-50(111)25-23-46)80(125)104(4)44(2)72(117)99-60(33-68(86)113)82(127)107-27-14-20-64(107)78(123)98-57(31-49-35-90-43-94-49)76(121)102-62(39-110)83(128)108-37-51(112)32-66(108)79(124)97-56(29-47-34-92-54-17-11-9-15-52(47)54)75(120)101-61(38-109)77(122)100-59(81(126)106(65)6)30-48-40-131-67-21-12-10-16-53(48)67/h9-12,15-17,21-25,34-35,40,43-45,51,55-66,92,109-112H,7-8,13-14,18-20,26-33,36-39,41-42H2,1-6H3,(H2,86,113)(H2,87,114)(H,90,94)(H,93,118)(H,95,115)(H,96,116)(H,97,124)(H,98,123)(H,99,117)(H,100,122)(H,101,120)(H,102,121)(H,103,119)(H4,88,89,91)/t44-,45-,51+,55-,56-,57-,58-,59-,60-,61-,62-,63?,64-,65-,66-/m0/s1. The van der Waals surface area contributed by atoms with Crippen LogP contribution < -0.4 is 75.7 Å². The van der Waals surface area contributed by atoms with Gasteiger partial charge in [-0.2, -0.15) is 0 Å². The second-order valence-corrected chi connectivity index (χ2v) is 34.4. The number of rotatable bonds is 22. The van der Waals surface area contributed by atoms with Gasteiger partial charge in [-0.05, 0) is 97.7 Å². The largest absolute Gasteiger partial charge is 0.508 e. The SMILES string of the molecule is CCCC[C@H]1C(=O)N(C)[C@@H](C)C(=O)N[C@@H](CCCNC(=N)N)C(=O)NC(C(=O)NCC(N)=O)CSCC(=O)N[C@@H](Cc2ccc(O)cc2)C(=O)N(C)[C@@H](C)C(=O)N[C@@H](CC(N)=O)C(=O)N2CCC[C@H]2C(=O)N[C@@H](Cc2cnc[nH]2)C(=O)N[C@@H](CO)C(=O)N2C[C@H](O)C[C@H]2C(=O)N[C@@H](Cc2c[nH]c3ccccc23)C(=O)N[C@@H](CO)C(=O)N[C@@H](Cc2csc3ccccc23)C(=O)N1C. The maximum absolute atomic E-state index is 15.6. The first-order valence-corrected chi connectivity index (χ1v) is 44.7. The van der Waals surface area contributed by atoms with Crippen molar-refractivity contribution in [1.82, 2.24) is 97.9 Å². The molecule has 17 amide bonds.